The van der Waals surface area contributed by atoms with E-state index in [-0.39, 0.29) is 11.1 Å². The van der Waals surface area contributed by atoms with Crippen molar-refractivity contribution < 1.29 is 4.39 Å². The van der Waals surface area contributed by atoms with Crippen LogP contribution in [0.4, 0.5) is 4.39 Å². The zero-order chi connectivity index (χ0) is 12.6. The number of fused-ring (bicyclic) bond motifs is 1. The van der Waals surface area contributed by atoms with Crippen LogP contribution in [-0.2, 0) is 6.42 Å². The van der Waals surface area contributed by atoms with Crippen LogP contribution < -0.4 is 0 Å². The number of rotatable bonds is 3. The molecule has 0 saturated heterocycles. The molecule has 17 heavy (non-hydrogen) atoms. The summed E-state index contributed by atoms with van der Waals surface area (Å²) in [7, 11) is 0. The lowest BCUT2D eigenvalue weighted by atomic mass is 10.2. The molecule has 1 aromatic heterocycles. The maximum atomic E-state index is 13.5. The van der Waals surface area contributed by atoms with Crippen LogP contribution in [0.25, 0.3) is 11.0 Å². The summed E-state index contributed by atoms with van der Waals surface area (Å²) in [5, 5.41) is 0.100. The largest absolute Gasteiger partial charge is 0.325 e. The molecule has 1 heterocycles. The van der Waals surface area contributed by atoms with Crippen LogP contribution in [0, 0.1) is 5.82 Å². The Labute approximate surface area is 109 Å². The van der Waals surface area contributed by atoms with Gasteiger partial charge in [-0.1, -0.05) is 11.6 Å². The highest BCUT2D eigenvalue weighted by molar-refractivity contribution is 6.31. The van der Waals surface area contributed by atoms with Gasteiger partial charge in [-0.3, -0.25) is 0 Å². The molecule has 0 unspecified atom stereocenters. The second kappa shape index (κ2) is 4.83. The molecule has 5 heteroatoms. The van der Waals surface area contributed by atoms with Crippen LogP contribution >= 0.6 is 23.2 Å². The van der Waals surface area contributed by atoms with Crippen molar-refractivity contribution in [3.63, 3.8) is 0 Å². The van der Waals surface area contributed by atoms with Gasteiger partial charge in [0.2, 0.25) is 0 Å². The normalized spacial score (nSPS) is 11.6. The molecule has 0 fully saturated rings. The molecule has 0 N–H and O–H groups in total. The SMILES string of the molecule is CC(C)n1c(CCCl)nc2cc(Cl)c(F)cc21. The predicted molar refractivity (Wildman–Crippen MR) is 69.5 cm³/mol. The van der Waals surface area contributed by atoms with Gasteiger partial charge in [-0.15, -0.1) is 11.6 Å². The monoisotopic (exact) mass is 274 g/mol. The number of hydrogen-bond donors (Lipinski definition) is 0. The van der Waals surface area contributed by atoms with E-state index in [0.29, 0.717) is 17.8 Å². The molecule has 0 atom stereocenters. The fourth-order valence-corrected chi connectivity index (χ4v) is 2.30. The molecule has 2 nitrogen and oxygen atoms in total. The molecule has 2 rings (SSSR count). The Balaban J connectivity index is 2.71. The highest BCUT2D eigenvalue weighted by Gasteiger charge is 2.15. The predicted octanol–water partition coefficient (Wildman–Crippen LogP) is 4.19. The van der Waals surface area contributed by atoms with Crippen LogP contribution in [-0.4, -0.2) is 15.4 Å². The van der Waals surface area contributed by atoms with Gasteiger partial charge in [0.05, 0.1) is 16.1 Å². The van der Waals surface area contributed by atoms with Gasteiger partial charge in [-0.25, -0.2) is 9.37 Å². The van der Waals surface area contributed by atoms with E-state index in [0.717, 1.165) is 11.3 Å². The van der Waals surface area contributed by atoms with E-state index in [1.807, 2.05) is 18.4 Å². The topological polar surface area (TPSA) is 17.8 Å². The number of benzene rings is 1. The average molecular weight is 275 g/mol. The first-order valence-electron chi connectivity index (χ1n) is 5.46. The molecular weight excluding hydrogens is 262 g/mol. The standard InChI is InChI=1S/C12H13Cl2FN2/c1-7(2)17-11-6-9(15)8(14)5-10(11)16-12(17)3-4-13/h5-7H,3-4H2,1-2H3. The summed E-state index contributed by atoms with van der Waals surface area (Å²) >= 11 is 11.5. The minimum Gasteiger partial charge on any atom is -0.325 e. The number of hydrogen-bond acceptors (Lipinski definition) is 1. The van der Waals surface area contributed by atoms with Gasteiger partial charge in [0.25, 0.3) is 0 Å². The van der Waals surface area contributed by atoms with E-state index in [4.69, 9.17) is 23.2 Å². The number of alkyl halides is 1. The highest BCUT2D eigenvalue weighted by Crippen LogP contribution is 2.26. The summed E-state index contributed by atoms with van der Waals surface area (Å²) in [6.45, 7) is 4.07. The first-order chi connectivity index (χ1) is 8.04. The summed E-state index contributed by atoms with van der Waals surface area (Å²) in [6.07, 6.45) is 0.660. The van der Waals surface area contributed by atoms with Crippen molar-refractivity contribution in [2.24, 2.45) is 0 Å². The Morgan fingerprint density at radius 1 is 1.41 bits per heavy atom. The molecule has 0 aliphatic rings. The van der Waals surface area contributed by atoms with E-state index >= 15 is 0 Å². The smallest absolute Gasteiger partial charge is 0.144 e. The van der Waals surface area contributed by atoms with Crippen molar-refractivity contribution in [1.82, 2.24) is 9.55 Å². The Kier molecular flexibility index (Phi) is 3.59. The quantitative estimate of drug-likeness (QED) is 0.768. The molecular formula is C12H13Cl2FN2. The van der Waals surface area contributed by atoms with Crippen molar-refractivity contribution in [2.45, 2.75) is 26.3 Å². The van der Waals surface area contributed by atoms with E-state index in [1.54, 1.807) is 6.07 Å². The summed E-state index contributed by atoms with van der Waals surface area (Å²) < 4.78 is 15.5. The van der Waals surface area contributed by atoms with E-state index < -0.39 is 5.82 Å². The molecule has 0 spiro atoms. The Hall–Kier alpha value is -0.800. The van der Waals surface area contributed by atoms with Gasteiger partial charge in [0.1, 0.15) is 11.6 Å². The molecule has 0 amide bonds. The lowest BCUT2D eigenvalue weighted by molar-refractivity contribution is 0.585. The van der Waals surface area contributed by atoms with Crippen LogP contribution in [0.5, 0.6) is 0 Å². The maximum absolute atomic E-state index is 13.5. The molecule has 0 radical (unpaired) electrons. The number of halogens is 3. The second-order valence-electron chi connectivity index (χ2n) is 4.19. The van der Waals surface area contributed by atoms with Gasteiger partial charge >= 0.3 is 0 Å². The van der Waals surface area contributed by atoms with Crippen molar-refractivity contribution in [2.75, 3.05) is 5.88 Å². The second-order valence-corrected chi connectivity index (χ2v) is 4.97. The maximum Gasteiger partial charge on any atom is 0.144 e. The van der Waals surface area contributed by atoms with Gasteiger partial charge < -0.3 is 4.57 Å². The highest BCUT2D eigenvalue weighted by atomic mass is 35.5. The molecule has 0 aliphatic carbocycles. The van der Waals surface area contributed by atoms with Gasteiger partial charge in [-0.2, -0.15) is 0 Å². The van der Waals surface area contributed by atoms with E-state index in [1.165, 1.54) is 6.07 Å². The molecule has 0 saturated carbocycles. The molecule has 0 bridgehead atoms. The molecule has 1 aromatic carbocycles. The summed E-state index contributed by atoms with van der Waals surface area (Å²) in [5.41, 5.74) is 1.48. The van der Waals surface area contributed by atoms with Crippen LogP contribution in [0.2, 0.25) is 5.02 Å². The van der Waals surface area contributed by atoms with Gasteiger partial charge in [-0.05, 0) is 19.9 Å². The van der Waals surface area contributed by atoms with Crippen LogP contribution in [0.1, 0.15) is 25.7 Å². The summed E-state index contributed by atoms with van der Waals surface area (Å²) in [6, 6.07) is 3.20. The third-order valence-corrected chi connectivity index (χ3v) is 3.12. The Morgan fingerprint density at radius 2 is 2.12 bits per heavy atom. The fraction of sp³-hybridized carbons (Fsp3) is 0.417. The van der Waals surface area contributed by atoms with Crippen molar-refractivity contribution in [3.8, 4) is 0 Å². The third-order valence-electron chi connectivity index (χ3n) is 2.64. The third kappa shape index (κ3) is 2.26. The summed E-state index contributed by atoms with van der Waals surface area (Å²) in [5.74, 6) is 0.941. The van der Waals surface area contributed by atoms with E-state index in [2.05, 4.69) is 4.98 Å². The zero-order valence-corrected chi connectivity index (χ0v) is 11.2. The van der Waals surface area contributed by atoms with Crippen molar-refractivity contribution in [1.29, 1.82) is 0 Å². The number of nitrogens with zero attached hydrogens (tertiary/aromatic N) is 2. The van der Waals surface area contributed by atoms with Gasteiger partial charge in [0.15, 0.2) is 0 Å². The van der Waals surface area contributed by atoms with Crippen molar-refractivity contribution in [3.05, 3.63) is 28.8 Å². The Bertz CT molecular complexity index is 549. The molecule has 0 aliphatic heterocycles. The lowest BCUT2D eigenvalue weighted by Crippen LogP contribution is -2.06. The average Bonchev–Trinajstić information content (AvgIpc) is 2.57. The van der Waals surface area contributed by atoms with Crippen molar-refractivity contribution >= 4 is 34.2 Å². The van der Waals surface area contributed by atoms with E-state index in [9.17, 15) is 4.39 Å². The van der Waals surface area contributed by atoms with Gasteiger partial charge in [0, 0.05) is 24.4 Å². The number of aromatic nitrogens is 2. The molecule has 2 aromatic rings. The minimum absolute atomic E-state index is 0.100. The molecule has 92 valence electrons. The number of aryl methyl sites for hydroxylation is 1. The Morgan fingerprint density at radius 3 is 2.71 bits per heavy atom. The fourth-order valence-electron chi connectivity index (χ4n) is 1.98. The zero-order valence-electron chi connectivity index (χ0n) is 9.67. The first kappa shape index (κ1) is 12.7. The number of imidazole rings is 1. The first-order valence-corrected chi connectivity index (χ1v) is 6.37. The lowest BCUT2D eigenvalue weighted by Gasteiger charge is -2.12. The minimum atomic E-state index is -0.418. The van der Waals surface area contributed by atoms with Crippen LogP contribution in [0.15, 0.2) is 12.1 Å². The summed E-state index contributed by atoms with van der Waals surface area (Å²) in [4.78, 5) is 4.45. The van der Waals surface area contributed by atoms with Crippen LogP contribution in [0.3, 0.4) is 0 Å².